The third kappa shape index (κ3) is 4.95. The first-order chi connectivity index (χ1) is 14.2. The molecule has 2 aromatic carbocycles. The van der Waals surface area contributed by atoms with Crippen LogP contribution in [0.25, 0.3) is 0 Å². The van der Waals surface area contributed by atoms with Crippen molar-refractivity contribution in [2.24, 2.45) is 0 Å². The number of rotatable bonds is 7. The molecule has 0 saturated heterocycles. The average Bonchev–Trinajstić information content (AvgIpc) is 3.42. The maximum absolute atomic E-state index is 12.6. The van der Waals surface area contributed by atoms with Crippen LogP contribution >= 0.6 is 11.8 Å². The van der Waals surface area contributed by atoms with E-state index in [1.807, 2.05) is 66.2 Å². The molecule has 150 valence electrons. The van der Waals surface area contributed by atoms with Crippen molar-refractivity contribution in [3.05, 3.63) is 54.6 Å². The van der Waals surface area contributed by atoms with Crippen molar-refractivity contribution in [1.82, 2.24) is 20.2 Å². The topological polar surface area (TPSA) is 81.9 Å². The number of nitrogens with one attached hydrogen (secondary N) is 1. The molecule has 0 bridgehead atoms. The molecular formula is C21H23N5O2S. The fraction of sp³-hybridized carbons (Fsp3) is 0.333. The zero-order chi connectivity index (χ0) is 20.1. The van der Waals surface area contributed by atoms with Crippen LogP contribution in [0.15, 0.2) is 59.8 Å². The van der Waals surface area contributed by atoms with E-state index < -0.39 is 0 Å². The fourth-order valence-electron chi connectivity index (χ4n) is 3.33. The van der Waals surface area contributed by atoms with Gasteiger partial charge in [0, 0.05) is 5.69 Å². The zero-order valence-electron chi connectivity index (χ0n) is 16.2. The van der Waals surface area contributed by atoms with Gasteiger partial charge in [0.2, 0.25) is 11.1 Å². The maximum Gasteiger partial charge on any atom is 0.237 e. The largest absolute Gasteiger partial charge is 0.457 e. The van der Waals surface area contributed by atoms with Crippen molar-refractivity contribution >= 4 is 23.4 Å². The van der Waals surface area contributed by atoms with E-state index in [-0.39, 0.29) is 11.2 Å². The number of ether oxygens (including phenoxy) is 1. The SMILES string of the molecule is C[C@H](Sc1nnnn1C1CCCC1)C(=O)Nc1ccc(Oc2ccccc2)cc1. The van der Waals surface area contributed by atoms with Gasteiger partial charge in [0.05, 0.1) is 11.3 Å². The molecule has 1 aliphatic rings. The van der Waals surface area contributed by atoms with Crippen LogP contribution in [-0.4, -0.2) is 31.4 Å². The zero-order valence-corrected chi connectivity index (χ0v) is 17.0. The molecule has 1 N–H and O–H groups in total. The van der Waals surface area contributed by atoms with E-state index >= 15 is 0 Å². The van der Waals surface area contributed by atoms with Crippen molar-refractivity contribution in [2.45, 2.75) is 49.1 Å². The lowest BCUT2D eigenvalue weighted by atomic mass is 10.3. The van der Waals surface area contributed by atoms with Crippen molar-refractivity contribution in [3.8, 4) is 11.5 Å². The summed E-state index contributed by atoms with van der Waals surface area (Å²) in [6, 6.07) is 17.3. The molecule has 1 heterocycles. The van der Waals surface area contributed by atoms with Crippen molar-refractivity contribution in [3.63, 3.8) is 0 Å². The minimum absolute atomic E-state index is 0.0901. The van der Waals surface area contributed by atoms with Gasteiger partial charge in [-0.25, -0.2) is 4.68 Å². The molecule has 0 unspecified atom stereocenters. The summed E-state index contributed by atoms with van der Waals surface area (Å²) in [5.74, 6) is 1.40. The summed E-state index contributed by atoms with van der Waals surface area (Å²) < 4.78 is 7.65. The van der Waals surface area contributed by atoms with Gasteiger partial charge < -0.3 is 10.1 Å². The third-order valence-corrected chi connectivity index (χ3v) is 5.93. The fourth-order valence-corrected chi connectivity index (χ4v) is 4.19. The Morgan fingerprint density at radius 2 is 1.79 bits per heavy atom. The van der Waals surface area contributed by atoms with Crippen molar-refractivity contribution < 1.29 is 9.53 Å². The monoisotopic (exact) mass is 409 g/mol. The molecule has 1 aliphatic carbocycles. The van der Waals surface area contributed by atoms with Gasteiger partial charge in [-0.1, -0.05) is 42.8 Å². The number of tetrazole rings is 1. The van der Waals surface area contributed by atoms with Gasteiger partial charge in [0.15, 0.2) is 0 Å². The molecule has 1 saturated carbocycles. The van der Waals surface area contributed by atoms with E-state index in [1.165, 1.54) is 24.6 Å². The molecule has 0 aliphatic heterocycles. The molecule has 1 atom stereocenters. The second-order valence-corrected chi connectivity index (χ2v) is 8.34. The summed E-state index contributed by atoms with van der Waals surface area (Å²) in [4.78, 5) is 12.6. The Morgan fingerprint density at radius 1 is 1.10 bits per heavy atom. The number of nitrogens with zero attached hydrogens (tertiary/aromatic N) is 4. The molecule has 3 aromatic rings. The van der Waals surface area contributed by atoms with E-state index in [9.17, 15) is 4.79 Å². The Morgan fingerprint density at radius 3 is 2.52 bits per heavy atom. The normalized spacial score (nSPS) is 15.2. The number of carbonyl (C=O) groups excluding carboxylic acids is 1. The van der Waals surface area contributed by atoms with Gasteiger partial charge in [-0.05, 0) is 66.6 Å². The van der Waals surface area contributed by atoms with E-state index in [4.69, 9.17) is 4.74 Å². The number of anilines is 1. The first kappa shape index (κ1) is 19.4. The molecule has 1 amide bonds. The van der Waals surface area contributed by atoms with E-state index in [0.29, 0.717) is 16.9 Å². The van der Waals surface area contributed by atoms with Gasteiger partial charge >= 0.3 is 0 Å². The number of carbonyl (C=O) groups is 1. The predicted molar refractivity (Wildman–Crippen MR) is 112 cm³/mol. The van der Waals surface area contributed by atoms with Crippen molar-refractivity contribution in [2.75, 3.05) is 5.32 Å². The van der Waals surface area contributed by atoms with Gasteiger partial charge in [0.1, 0.15) is 11.5 Å². The molecule has 1 fully saturated rings. The summed E-state index contributed by atoms with van der Waals surface area (Å²) >= 11 is 1.39. The highest BCUT2D eigenvalue weighted by atomic mass is 32.2. The summed E-state index contributed by atoms with van der Waals surface area (Å²) in [5, 5.41) is 15.4. The lowest BCUT2D eigenvalue weighted by Gasteiger charge is -2.14. The van der Waals surface area contributed by atoms with E-state index in [2.05, 4.69) is 20.8 Å². The van der Waals surface area contributed by atoms with Gasteiger partial charge in [0.25, 0.3) is 0 Å². The average molecular weight is 410 g/mol. The number of para-hydroxylation sites is 1. The second kappa shape index (κ2) is 9.09. The van der Waals surface area contributed by atoms with Gasteiger partial charge in [-0.15, -0.1) is 5.10 Å². The van der Waals surface area contributed by atoms with Crippen LogP contribution < -0.4 is 10.1 Å². The van der Waals surface area contributed by atoms with Gasteiger partial charge in [-0.2, -0.15) is 0 Å². The quantitative estimate of drug-likeness (QED) is 0.570. The molecule has 29 heavy (non-hydrogen) atoms. The van der Waals surface area contributed by atoms with Crippen LogP contribution in [0.4, 0.5) is 5.69 Å². The molecule has 0 radical (unpaired) electrons. The van der Waals surface area contributed by atoms with Crippen LogP contribution in [0, 0.1) is 0 Å². The number of hydrogen-bond acceptors (Lipinski definition) is 6. The molecule has 0 spiro atoms. The molecule has 7 nitrogen and oxygen atoms in total. The number of thioether (sulfide) groups is 1. The maximum atomic E-state index is 12.6. The standard InChI is InChI=1S/C21H23N5O2S/c1-15(29-21-23-24-25-26(21)17-7-5-6-8-17)20(27)22-16-11-13-19(14-12-16)28-18-9-3-2-4-10-18/h2-4,9-15,17H,5-8H2,1H3,(H,22,27)/t15-/m0/s1. The van der Waals surface area contributed by atoms with Crippen LogP contribution in [0.3, 0.4) is 0 Å². The minimum atomic E-state index is -0.318. The van der Waals surface area contributed by atoms with Crippen LogP contribution in [0.2, 0.25) is 0 Å². The lowest BCUT2D eigenvalue weighted by molar-refractivity contribution is -0.115. The summed E-state index contributed by atoms with van der Waals surface area (Å²) in [6.07, 6.45) is 4.59. The predicted octanol–water partition coefficient (Wildman–Crippen LogP) is 4.70. The Labute approximate surface area is 173 Å². The highest BCUT2D eigenvalue weighted by Gasteiger charge is 2.24. The number of hydrogen-bond donors (Lipinski definition) is 1. The number of amides is 1. The number of benzene rings is 2. The summed E-state index contributed by atoms with van der Waals surface area (Å²) in [6.45, 7) is 1.86. The van der Waals surface area contributed by atoms with E-state index in [1.54, 1.807) is 0 Å². The Hall–Kier alpha value is -2.87. The second-order valence-electron chi connectivity index (χ2n) is 7.03. The number of aromatic nitrogens is 4. The molecule has 4 rings (SSSR count). The summed E-state index contributed by atoms with van der Waals surface area (Å²) in [7, 11) is 0. The molecule has 1 aromatic heterocycles. The highest BCUT2D eigenvalue weighted by Crippen LogP contribution is 2.32. The van der Waals surface area contributed by atoms with E-state index in [0.717, 1.165) is 24.3 Å². The molecule has 8 heteroatoms. The smallest absolute Gasteiger partial charge is 0.237 e. The summed E-state index contributed by atoms with van der Waals surface area (Å²) in [5.41, 5.74) is 0.721. The van der Waals surface area contributed by atoms with Crippen LogP contribution in [-0.2, 0) is 4.79 Å². The first-order valence-electron chi connectivity index (χ1n) is 9.77. The third-order valence-electron chi connectivity index (χ3n) is 4.89. The Bertz CT molecular complexity index is 939. The van der Waals surface area contributed by atoms with Crippen LogP contribution in [0.5, 0.6) is 11.5 Å². The van der Waals surface area contributed by atoms with Crippen LogP contribution in [0.1, 0.15) is 38.6 Å². The Kier molecular flexibility index (Phi) is 6.09. The lowest BCUT2D eigenvalue weighted by Crippen LogP contribution is -2.23. The highest BCUT2D eigenvalue weighted by molar-refractivity contribution is 8.00. The van der Waals surface area contributed by atoms with Crippen molar-refractivity contribution in [1.29, 1.82) is 0 Å². The molecular weight excluding hydrogens is 386 g/mol. The Balaban J connectivity index is 1.33. The minimum Gasteiger partial charge on any atom is -0.457 e. The van der Waals surface area contributed by atoms with Gasteiger partial charge in [-0.3, -0.25) is 4.79 Å². The first-order valence-corrected chi connectivity index (χ1v) is 10.7.